The van der Waals surface area contributed by atoms with E-state index in [9.17, 15) is 4.39 Å². The first kappa shape index (κ1) is 24.6. The minimum absolute atomic E-state index is 0.161. The maximum Gasteiger partial charge on any atom is 0.141 e. The Labute approximate surface area is 217 Å². The molecule has 188 valence electrons. The molecule has 4 nitrogen and oxygen atoms in total. The van der Waals surface area contributed by atoms with Gasteiger partial charge in [-0.15, -0.1) is 0 Å². The predicted octanol–water partition coefficient (Wildman–Crippen LogP) is 8.19. The number of anilines is 1. The number of rotatable bonds is 8. The van der Waals surface area contributed by atoms with Crippen LogP contribution in [0.25, 0.3) is 16.7 Å². The quantitative estimate of drug-likeness (QED) is 0.313. The molecule has 36 heavy (non-hydrogen) atoms. The van der Waals surface area contributed by atoms with Crippen molar-refractivity contribution in [2.24, 2.45) is 0 Å². The monoisotopic (exact) mass is 505 g/mol. The summed E-state index contributed by atoms with van der Waals surface area (Å²) in [4.78, 5) is 0. The van der Waals surface area contributed by atoms with Gasteiger partial charge in [0.1, 0.15) is 29.7 Å². The molecule has 3 aromatic rings. The molecule has 1 aliphatic carbocycles. The second-order valence-electron chi connectivity index (χ2n) is 10.1. The van der Waals surface area contributed by atoms with Crippen LogP contribution in [0.4, 0.5) is 10.1 Å². The van der Waals surface area contributed by atoms with Crippen LogP contribution in [-0.4, -0.2) is 17.9 Å². The maximum absolute atomic E-state index is 14.0. The van der Waals surface area contributed by atoms with Crippen LogP contribution >= 0.6 is 12.0 Å². The van der Waals surface area contributed by atoms with Gasteiger partial charge in [0.05, 0.1) is 24.7 Å². The summed E-state index contributed by atoms with van der Waals surface area (Å²) in [6.45, 7) is 8.65. The van der Waals surface area contributed by atoms with Crippen LogP contribution in [-0.2, 0) is 6.61 Å². The summed E-state index contributed by atoms with van der Waals surface area (Å²) in [6.07, 6.45) is 4.65. The number of nitrogens with one attached hydrogen (secondary N) is 1. The largest absolute Gasteiger partial charge is 0.496 e. The van der Waals surface area contributed by atoms with Crippen molar-refractivity contribution in [1.29, 1.82) is 0 Å². The van der Waals surface area contributed by atoms with Gasteiger partial charge in [-0.2, -0.15) is 0 Å². The first-order valence-corrected chi connectivity index (χ1v) is 13.1. The van der Waals surface area contributed by atoms with E-state index in [1.807, 2.05) is 25.1 Å². The minimum Gasteiger partial charge on any atom is -0.496 e. The van der Waals surface area contributed by atoms with Crippen LogP contribution in [0.2, 0.25) is 0 Å². The van der Waals surface area contributed by atoms with Gasteiger partial charge in [-0.05, 0) is 81.5 Å². The molecule has 0 radical (unpaired) electrons. The van der Waals surface area contributed by atoms with Crippen LogP contribution in [0.5, 0.6) is 17.2 Å². The standard InChI is InChI=1S/C30H32FNO3S/c1-18-6-7-20(31)14-27(18)34-17-25-23(12-13-26-29(25)19(2)16-30(3,4)32-26)24-11-8-21(15-28(24)33-5)35-36-22-9-10-22/h6-8,11-16,22,32H,9-10,17H2,1-5H3. The molecule has 0 saturated heterocycles. The minimum atomic E-state index is -0.313. The average Bonchev–Trinajstić information content (AvgIpc) is 3.67. The molecule has 0 spiro atoms. The molecule has 5 rings (SSSR count). The molecule has 2 aliphatic rings. The summed E-state index contributed by atoms with van der Waals surface area (Å²) in [6, 6.07) is 14.8. The molecular formula is C30H32FNO3S. The second kappa shape index (κ2) is 9.74. The molecule has 6 heteroatoms. The van der Waals surface area contributed by atoms with Crippen molar-refractivity contribution in [1.82, 2.24) is 0 Å². The predicted molar refractivity (Wildman–Crippen MR) is 146 cm³/mol. The number of methoxy groups -OCH3 is 1. The van der Waals surface area contributed by atoms with Crippen molar-refractivity contribution in [3.63, 3.8) is 0 Å². The fourth-order valence-corrected chi connectivity index (χ4v) is 5.39. The van der Waals surface area contributed by atoms with Gasteiger partial charge in [0, 0.05) is 39.8 Å². The Hall–Kier alpha value is -3.12. The fourth-order valence-electron chi connectivity index (χ4n) is 4.71. The van der Waals surface area contributed by atoms with Crippen LogP contribution in [0.1, 0.15) is 50.3 Å². The first-order valence-electron chi connectivity index (χ1n) is 12.3. The highest BCUT2D eigenvalue weighted by Crippen LogP contribution is 2.44. The van der Waals surface area contributed by atoms with E-state index in [2.05, 4.69) is 44.3 Å². The highest BCUT2D eigenvalue weighted by molar-refractivity contribution is 7.95. The number of hydrogen-bond acceptors (Lipinski definition) is 5. The van der Waals surface area contributed by atoms with Crippen LogP contribution < -0.4 is 19.0 Å². The van der Waals surface area contributed by atoms with E-state index < -0.39 is 0 Å². The van der Waals surface area contributed by atoms with Gasteiger partial charge in [0.2, 0.25) is 0 Å². The average molecular weight is 506 g/mol. The molecule has 0 bridgehead atoms. The zero-order valence-electron chi connectivity index (χ0n) is 21.4. The number of benzene rings is 3. The van der Waals surface area contributed by atoms with Crippen molar-refractivity contribution < 1.29 is 18.0 Å². The molecule has 1 fully saturated rings. The fraction of sp³-hybridized carbons (Fsp3) is 0.333. The third kappa shape index (κ3) is 5.19. The lowest BCUT2D eigenvalue weighted by Crippen LogP contribution is -2.32. The molecule has 3 aromatic carbocycles. The second-order valence-corrected chi connectivity index (χ2v) is 11.2. The molecule has 0 aromatic heterocycles. The van der Waals surface area contributed by atoms with Gasteiger partial charge in [0.25, 0.3) is 0 Å². The Morgan fingerprint density at radius 3 is 2.53 bits per heavy atom. The summed E-state index contributed by atoms with van der Waals surface area (Å²) in [7, 11) is 1.68. The SMILES string of the molecule is COc1cc(OSC2CC2)ccc1-c1ccc2c(c1COc1cc(F)ccc1C)C(C)=CC(C)(C)N2. The summed E-state index contributed by atoms with van der Waals surface area (Å²) in [5.41, 5.74) is 7.04. The van der Waals surface area contributed by atoms with Crippen molar-refractivity contribution in [3.8, 4) is 28.4 Å². The van der Waals surface area contributed by atoms with E-state index in [1.165, 1.54) is 42.6 Å². The number of ether oxygens (including phenoxy) is 2. The summed E-state index contributed by atoms with van der Waals surface area (Å²) >= 11 is 1.52. The van der Waals surface area contributed by atoms with Crippen molar-refractivity contribution >= 4 is 23.3 Å². The number of aryl methyl sites for hydroxylation is 1. The number of fused-ring (bicyclic) bond motifs is 1. The Morgan fingerprint density at radius 1 is 1.00 bits per heavy atom. The molecule has 0 unspecified atom stereocenters. The normalized spacial score (nSPS) is 16.0. The lowest BCUT2D eigenvalue weighted by atomic mass is 9.85. The zero-order chi connectivity index (χ0) is 25.4. The van der Waals surface area contributed by atoms with Gasteiger partial charge in [-0.25, -0.2) is 4.39 Å². The topological polar surface area (TPSA) is 39.7 Å². The Balaban J connectivity index is 1.58. The summed E-state index contributed by atoms with van der Waals surface area (Å²) in [5, 5.41) is 4.22. The molecule has 0 atom stereocenters. The molecular weight excluding hydrogens is 473 g/mol. The molecule has 1 saturated carbocycles. The molecule has 1 N–H and O–H groups in total. The van der Waals surface area contributed by atoms with Crippen molar-refractivity contribution in [2.75, 3.05) is 12.4 Å². The Bertz CT molecular complexity index is 1330. The van der Waals surface area contributed by atoms with Gasteiger partial charge in [-0.1, -0.05) is 18.2 Å². The van der Waals surface area contributed by atoms with E-state index in [1.54, 1.807) is 13.2 Å². The van der Waals surface area contributed by atoms with Gasteiger partial charge >= 0.3 is 0 Å². The van der Waals surface area contributed by atoms with E-state index >= 15 is 0 Å². The number of allylic oxidation sites excluding steroid dienone is 1. The zero-order valence-corrected chi connectivity index (χ0v) is 22.2. The summed E-state index contributed by atoms with van der Waals surface area (Å²) < 4.78 is 31.9. The van der Waals surface area contributed by atoms with Crippen LogP contribution in [0.3, 0.4) is 0 Å². The molecule has 1 aliphatic heterocycles. The third-order valence-corrected chi connectivity index (χ3v) is 7.56. The highest BCUT2D eigenvalue weighted by atomic mass is 32.2. The molecule has 1 heterocycles. The third-order valence-electron chi connectivity index (χ3n) is 6.53. The number of hydrogen-bond donors (Lipinski definition) is 1. The summed E-state index contributed by atoms with van der Waals surface area (Å²) in [5.74, 6) is 1.74. The lowest BCUT2D eigenvalue weighted by Gasteiger charge is -2.33. The Kier molecular flexibility index (Phi) is 6.64. The van der Waals surface area contributed by atoms with Gasteiger partial charge in [-0.3, -0.25) is 0 Å². The highest BCUT2D eigenvalue weighted by Gasteiger charge is 2.27. The first-order chi connectivity index (χ1) is 17.2. The lowest BCUT2D eigenvalue weighted by molar-refractivity contribution is 0.302. The van der Waals surface area contributed by atoms with Gasteiger partial charge in [0.15, 0.2) is 0 Å². The van der Waals surface area contributed by atoms with Crippen molar-refractivity contribution in [2.45, 2.75) is 57.9 Å². The molecule has 0 amide bonds. The smallest absolute Gasteiger partial charge is 0.141 e. The van der Waals surface area contributed by atoms with E-state index in [0.717, 1.165) is 45.0 Å². The van der Waals surface area contributed by atoms with Gasteiger partial charge < -0.3 is 19.0 Å². The van der Waals surface area contributed by atoms with Crippen LogP contribution in [0, 0.1) is 12.7 Å². The van der Waals surface area contributed by atoms with E-state index in [0.29, 0.717) is 11.0 Å². The van der Waals surface area contributed by atoms with E-state index in [4.69, 9.17) is 13.7 Å². The Morgan fingerprint density at radius 2 is 1.78 bits per heavy atom. The van der Waals surface area contributed by atoms with Crippen molar-refractivity contribution in [3.05, 3.63) is 77.1 Å². The number of halogens is 1. The van der Waals surface area contributed by atoms with Crippen LogP contribution in [0.15, 0.2) is 54.6 Å². The van der Waals surface area contributed by atoms with E-state index in [-0.39, 0.29) is 18.0 Å². The maximum atomic E-state index is 14.0.